The van der Waals surface area contributed by atoms with Crippen molar-refractivity contribution in [1.29, 1.82) is 0 Å². The van der Waals surface area contributed by atoms with Crippen LogP contribution in [-0.2, 0) is 10.0 Å². The highest BCUT2D eigenvalue weighted by molar-refractivity contribution is 7.92. The fourth-order valence-corrected chi connectivity index (χ4v) is 5.93. The molecule has 3 atom stereocenters. The summed E-state index contributed by atoms with van der Waals surface area (Å²) in [7, 11) is -2.35. The molecule has 0 saturated heterocycles. The minimum Gasteiger partial charge on any atom is -0.490 e. The van der Waals surface area contributed by atoms with E-state index in [1.807, 2.05) is 12.1 Å². The number of rotatable bonds is 6. The number of nitrogens with one attached hydrogen (secondary N) is 2. The van der Waals surface area contributed by atoms with Crippen LogP contribution >= 0.6 is 0 Å². The highest BCUT2D eigenvalue weighted by atomic mass is 32.2. The van der Waals surface area contributed by atoms with Gasteiger partial charge in [0, 0.05) is 23.4 Å². The van der Waals surface area contributed by atoms with Crippen LogP contribution in [0.5, 0.6) is 5.75 Å². The molecule has 0 unspecified atom stereocenters. The summed E-state index contributed by atoms with van der Waals surface area (Å²) >= 11 is 0. The number of nitro benzene ring substituents is 1. The molecule has 0 spiro atoms. The van der Waals surface area contributed by atoms with Gasteiger partial charge in [0.25, 0.3) is 10.0 Å². The second kappa shape index (κ2) is 8.49. The topological polar surface area (TPSA) is 111 Å². The summed E-state index contributed by atoms with van der Waals surface area (Å²) in [5.41, 5.74) is 2.92. The normalized spacial score (nSPS) is 20.7. The smallest absolute Gasteiger partial charge is 0.311 e. The molecule has 1 aliphatic carbocycles. The van der Waals surface area contributed by atoms with Crippen molar-refractivity contribution in [1.82, 2.24) is 0 Å². The number of allylic oxidation sites excluding steroid dienone is 2. The highest BCUT2D eigenvalue weighted by Crippen LogP contribution is 2.50. The molecule has 2 aliphatic rings. The Morgan fingerprint density at radius 3 is 2.62 bits per heavy atom. The molecule has 0 saturated carbocycles. The van der Waals surface area contributed by atoms with Crippen LogP contribution in [0.3, 0.4) is 0 Å². The first-order valence-electron chi connectivity index (χ1n) is 10.8. The first-order valence-corrected chi connectivity index (χ1v) is 12.3. The van der Waals surface area contributed by atoms with E-state index < -0.39 is 14.9 Å². The molecule has 174 valence electrons. The fourth-order valence-electron chi connectivity index (χ4n) is 4.83. The Kier molecular flexibility index (Phi) is 5.49. The fraction of sp³-hybridized carbons (Fsp3) is 0.200. The van der Waals surface area contributed by atoms with Gasteiger partial charge in [-0.05, 0) is 59.9 Å². The van der Waals surface area contributed by atoms with Crippen molar-refractivity contribution in [2.45, 2.75) is 23.3 Å². The molecule has 1 aliphatic heterocycles. The molecular weight excluding hydrogens is 454 g/mol. The van der Waals surface area contributed by atoms with Crippen LogP contribution in [0.15, 0.2) is 83.8 Å². The van der Waals surface area contributed by atoms with Crippen LogP contribution in [0.2, 0.25) is 0 Å². The van der Waals surface area contributed by atoms with Crippen LogP contribution < -0.4 is 14.8 Å². The maximum absolute atomic E-state index is 13.0. The maximum atomic E-state index is 13.0. The predicted molar refractivity (Wildman–Crippen MR) is 130 cm³/mol. The molecular formula is C25H23N3O5S. The SMILES string of the molecule is COc1ccc([C@H]2Nc3ccc(S(=O)(=O)Nc4ccccc4)cc3[C@H]3C=CC[C@H]32)cc1[N+](=O)[O-]. The van der Waals surface area contributed by atoms with Gasteiger partial charge in [-0.15, -0.1) is 0 Å². The Morgan fingerprint density at radius 1 is 1.09 bits per heavy atom. The maximum Gasteiger partial charge on any atom is 0.311 e. The van der Waals surface area contributed by atoms with Gasteiger partial charge in [0.1, 0.15) is 0 Å². The molecule has 2 N–H and O–H groups in total. The second-order valence-electron chi connectivity index (χ2n) is 8.38. The predicted octanol–water partition coefficient (Wildman–Crippen LogP) is 5.23. The van der Waals surface area contributed by atoms with Gasteiger partial charge in [-0.2, -0.15) is 0 Å². The van der Waals surface area contributed by atoms with Crippen LogP contribution in [-0.4, -0.2) is 20.5 Å². The third-order valence-corrected chi connectivity index (χ3v) is 7.81. The van der Waals surface area contributed by atoms with Gasteiger partial charge in [-0.1, -0.05) is 36.4 Å². The third kappa shape index (κ3) is 3.88. The van der Waals surface area contributed by atoms with Crippen molar-refractivity contribution < 1.29 is 18.1 Å². The minimum absolute atomic E-state index is 0.00529. The number of benzene rings is 3. The number of nitrogens with zero attached hydrogens (tertiary/aromatic N) is 1. The molecule has 0 fully saturated rings. The van der Waals surface area contributed by atoms with E-state index in [-0.39, 0.29) is 34.2 Å². The van der Waals surface area contributed by atoms with Gasteiger partial charge < -0.3 is 10.1 Å². The van der Waals surface area contributed by atoms with E-state index >= 15 is 0 Å². The first kappa shape index (κ1) is 22.0. The number of sulfonamides is 1. The van der Waals surface area contributed by atoms with Crippen molar-refractivity contribution in [3.63, 3.8) is 0 Å². The van der Waals surface area contributed by atoms with Crippen LogP contribution in [0, 0.1) is 16.0 Å². The van der Waals surface area contributed by atoms with E-state index in [0.717, 1.165) is 23.2 Å². The summed E-state index contributed by atoms with van der Waals surface area (Å²) in [6.07, 6.45) is 4.96. The van der Waals surface area contributed by atoms with Gasteiger partial charge in [0.05, 0.1) is 23.0 Å². The Labute approximate surface area is 197 Å². The summed E-state index contributed by atoms with van der Waals surface area (Å²) in [6, 6.07) is 18.7. The quantitative estimate of drug-likeness (QED) is 0.286. The number of nitro groups is 1. The number of methoxy groups -OCH3 is 1. The number of hydrogen-bond acceptors (Lipinski definition) is 6. The molecule has 5 rings (SSSR count). The summed E-state index contributed by atoms with van der Waals surface area (Å²) in [5.74, 6) is 0.307. The Bertz CT molecular complexity index is 1390. The molecule has 34 heavy (non-hydrogen) atoms. The van der Waals surface area contributed by atoms with E-state index in [0.29, 0.717) is 5.69 Å². The molecule has 0 radical (unpaired) electrons. The average molecular weight is 478 g/mol. The average Bonchev–Trinajstić information content (AvgIpc) is 3.33. The zero-order chi connectivity index (χ0) is 23.9. The van der Waals surface area contributed by atoms with Crippen molar-refractivity contribution in [2.24, 2.45) is 5.92 Å². The standard InChI is InChI=1S/C25H23N3O5S/c1-33-24-13-10-16(14-23(24)28(29)30)25-20-9-5-8-19(20)21-15-18(11-12-22(21)26-25)34(31,32)27-17-6-3-2-4-7-17/h2-8,10-15,19-20,25-27H,9H2,1H3/t19-,20+,25+/m0/s1. The Hall–Kier alpha value is -3.85. The van der Waals surface area contributed by atoms with Crippen molar-refractivity contribution in [2.75, 3.05) is 17.1 Å². The molecule has 0 amide bonds. The molecule has 0 bridgehead atoms. The van der Waals surface area contributed by atoms with E-state index in [1.165, 1.54) is 7.11 Å². The van der Waals surface area contributed by atoms with Crippen LogP contribution in [0.1, 0.15) is 29.5 Å². The second-order valence-corrected chi connectivity index (χ2v) is 10.1. The van der Waals surface area contributed by atoms with Crippen molar-refractivity contribution in [3.8, 4) is 5.75 Å². The zero-order valence-electron chi connectivity index (χ0n) is 18.3. The van der Waals surface area contributed by atoms with Crippen LogP contribution in [0.25, 0.3) is 0 Å². The van der Waals surface area contributed by atoms with Crippen molar-refractivity contribution in [3.05, 3.63) is 100 Å². The number of hydrogen-bond donors (Lipinski definition) is 2. The third-order valence-electron chi connectivity index (χ3n) is 6.43. The summed E-state index contributed by atoms with van der Waals surface area (Å²) < 4.78 is 33.8. The van der Waals surface area contributed by atoms with Gasteiger partial charge in [0.2, 0.25) is 0 Å². The van der Waals surface area contributed by atoms with E-state index in [4.69, 9.17) is 4.74 Å². The molecule has 1 heterocycles. The lowest BCUT2D eigenvalue weighted by atomic mass is 9.77. The summed E-state index contributed by atoms with van der Waals surface area (Å²) in [4.78, 5) is 11.3. The first-order chi connectivity index (χ1) is 16.4. The van der Waals surface area contributed by atoms with Gasteiger partial charge in [0.15, 0.2) is 5.75 Å². The number of anilines is 2. The molecule has 3 aromatic carbocycles. The summed E-state index contributed by atoms with van der Waals surface area (Å²) in [6.45, 7) is 0. The van der Waals surface area contributed by atoms with Gasteiger partial charge >= 0.3 is 5.69 Å². The largest absolute Gasteiger partial charge is 0.490 e. The summed E-state index contributed by atoms with van der Waals surface area (Å²) in [5, 5.41) is 15.0. The minimum atomic E-state index is -3.75. The van der Waals surface area contributed by atoms with E-state index in [9.17, 15) is 18.5 Å². The number of ether oxygens (including phenoxy) is 1. The number of fused-ring (bicyclic) bond motifs is 3. The van der Waals surface area contributed by atoms with Gasteiger partial charge in [-0.3, -0.25) is 14.8 Å². The lowest BCUT2D eigenvalue weighted by Gasteiger charge is -2.37. The Balaban J connectivity index is 1.50. The molecule has 3 aromatic rings. The number of para-hydroxylation sites is 1. The molecule has 8 nitrogen and oxygen atoms in total. The zero-order valence-corrected chi connectivity index (χ0v) is 19.2. The highest BCUT2D eigenvalue weighted by Gasteiger charge is 2.39. The molecule has 9 heteroatoms. The van der Waals surface area contributed by atoms with Gasteiger partial charge in [-0.25, -0.2) is 8.42 Å². The van der Waals surface area contributed by atoms with Crippen LogP contribution in [0.4, 0.5) is 17.1 Å². The molecule has 0 aromatic heterocycles. The lowest BCUT2D eigenvalue weighted by molar-refractivity contribution is -0.385. The van der Waals surface area contributed by atoms with Crippen molar-refractivity contribution >= 4 is 27.1 Å². The van der Waals surface area contributed by atoms with E-state index in [2.05, 4.69) is 22.2 Å². The monoisotopic (exact) mass is 477 g/mol. The lowest BCUT2D eigenvalue weighted by Crippen LogP contribution is -2.29. The Morgan fingerprint density at radius 2 is 1.88 bits per heavy atom. The van der Waals surface area contributed by atoms with E-state index in [1.54, 1.807) is 54.6 Å².